The van der Waals surface area contributed by atoms with Gasteiger partial charge in [-0.15, -0.1) is 0 Å². The van der Waals surface area contributed by atoms with Crippen LogP contribution < -0.4 is 10.1 Å². The molecular formula is C16H24BrNO. The van der Waals surface area contributed by atoms with Crippen molar-refractivity contribution in [1.29, 1.82) is 0 Å². The molecule has 1 aromatic rings. The van der Waals surface area contributed by atoms with Crippen LogP contribution in [-0.2, 0) is 6.42 Å². The Labute approximate surface area is 125 Å². The predicted molar refractivity (Wildman–Crippen MR) is 84.1 cm³/mol. The normalized spacial score (nSPS) is 19.7. The second-order valence-corrected chi connectivity index (χ2v) is 6.56. The summed E-state index contributed by atoms with van der Waals surface area (Å²) in [6.45, 7) is 6.77. The van der Waals surface area contributed by atoms with Crippen LogP contribution in [0.15, 0.2) is 16.6 Å². The molecule has 0 radical (unpaired) electrons. The van der Waals surface area contributed by atoms with E-state index in [1.54, 1.807) is 7.11 Å². The molecule has 1 N–H and O–H groups in total. The van der Waals surface area contributed by atoms with Gasteiger partial charge >= 0.3 is 0 Å². The average molecular weight is 326 g/mol. The van der Waals surface area contributed by atoms with Crippen LogP contribution in [0.2, 0.25) is 0 Å². The van der Waals surface area contributed by atoms with Gasteiger partial charge in [-0.2, -0.15) is 0 Å². The van der Waals surface area contributed by atoms with Gasteiger partial charge in [0, 0.05) is 0 Å². The van der Waals surface area contributed by atoms with Gasteiger partial charge < -0.3 is 10.1 Å². The summed E-state index contributed by atoms with van der Waals surface area (Å²) in [5.74, 6) is 2.24. The Morgan fingerprint density at radius 1 is 1.42 bits per heavy atom. The Kier molecular flexibility index (Phi) is 5.28. The standard InChI is InChI=1S/C16H24BrNO/c1-11(2)13-8-14(16(17)15(9-13)19-3)7-12-5-4-6-18-10-12/h8-9,11-12,18H,4-7,10H2,1-3H3. The lowest BCUT2D eigenvalue weighted by Crippen LogP contribution is -2.30. The molecule has 2 rings (SSSR count). The van der Waals surface area contributed by atoms with E-state index in [1.807, 2.05) is 0 Å². The van der Waals surface area contributed by atoms with Gasteiger partial charge in [-0.05, 0) is 77.3 Å². The molecule has 1 aliphatic heterocycles. The van der Waals surface area contributed by atoms with E-state index in [2.05, 4.69) is 47.2 Å². The Hall–Kier alpha value is -0.540. The molecule has 0 amide bonds. The topological polar surface area (TPSA) is 21.3 Å². The van der Waals surface area contributed by atoms with Crippen LogP contribution in [-0.4, -0.2) is 20.2 Å². The van der Waals surface area contributed by atoms with E-state index in [9.17, 15) is 0 Å². The van der Waals surface area contributed by atoms with Crippen LogP contribution in [0.4, 0.5) is 0 Å². The predicted octanol–water partition coefficient (Wildman–Crippen LogP) is 4.12. The third-order valence-electron chi connectivity index (χ3n) is 3.93. The first-order chi connectivity index (χ1) is 9.11. The van der Waals surface area contributed by atoms with Crippen molar-refractivity contribution < 1.29 is 4.74 Å². The highest BCUT2D eigenvalue weighted by molar-refractivity contribution is 9.10. The molecule has 1 aliphatic rings. The number of piperidine rings is 1. The molecule has 0 spiro atoms. The van der Waals surface area contributed by atoms with Gasteiger partial charge in [0.05, 0.1) is 11.6 Å². The quantitative estimate of drug-likeness (QED) is 0.898. The number of hydrogen-bond donors (Lipinski definition) is 1. The van der Waals surface area contributed by atoms with E-state index >= 15 is 0 Å². The van der Waals surface area contributed by atoms with Crippen LogP contribution in [0.25, 0.3) is 0 Å². The maximum Gasteiger partial charge on any atom is 0.133 e. The molecule has 3 heteroatoms. The molecule has 0 saturated carbocycles. The summed E-state index contributed by atoms with van der Waals surface area (Å²) in [4.78, 5) is 0. The van der Waals surface area contributed by atoms with Crippen molar-refractivity contribution in [3.63, 3.8) is 0 Å². The maximum atomic E-state index is 5.50. The number of ether oxygens (including phenoxy) is 1. The number of halogens is 1. The van der Waals surface area contributed by atoms with Crippen molar-refractivity contribution in [2.75, 3.05) is 20.2 Å². The lowest BCUT2D eigenvalue weighted by atomic mass is 9.90. The SMILES string of the molecule is COc1cc(C(C)C)cc(CC2CCCNC2)c1Br. The fraction of sp³-hybridized carbons (Fsp3) is 0.625. The number of benzene rings is 1. The smallest absolute Gasteiger partial charge is 0.133 e. The second-order valence-electron chi connectivity index (χ2n) is 5.77. The first kappa shape index (κ1) is 14.9. The third-order valence-corrected chi connectivity index (χ3v) is 4.83. The molecule has 0 aromatic heterocycles. The third kappa shape index (κ3) is 3.73. The Bertz CT molecular complexity index is 425. The van der Waals surface area contributed by atoms with E-state index in [0.29, 0.717) is 5.92 Å². The fourth-order valence-corrected chi connectivity index (χ4v) is 3.27. The summed E-state index contributed by atoms with van der Waals surface area (Å²) >= 11 is 3.71. The van der Waals surface area contributed by atoms with Crippen molar-refractivity contribution >= 4 is 15.9 Å². The molecule has 0 bridgehead atoms. The van der Waals surface area contributed by atoms with Crippen LogP contribution in [0.3, 0.4) is 0 Å². The number of hydrogen-bond acceptors (Lipinski definition) is 2. The second kappa shape index (κ2) is 6.76. The van der Waals surface area contributed by atoms with Crippen molar-refractivity contribution in [2.45, 2.75) is 39.0 Å². The zero-order valence-electron chi connectivity index (χ0n) is 12.1. The van der Waals surface area contributed by atoms with Crippen molar-refractivity contribution in [1.82, 2.24) is 5.32 Å². The van der Waals surface area contributed by atoms with Gasteiger partial charge in [-0.25, -0.2) is 0 Å². The first-order valence-corrected chi connectivity index (χ1v) is 7.98. The van der Waals surface area contributed by atoms with Gasteiger partial charge in [0.1, 0.15) is 5.75 Å². The monoisotopic (exact) mass is 325 g/mol. The number of nitrogens with one attached hydrogen (secondary N) is 1. The lowest BCUT2D eigenvalue weighted by Gasteiger charge is -2.24. The highest BCUT2D eigenvalue weighted by Crippen LogP contribution is 2.34. The van der Waals surface area contributed by atoms with Crippen molar-refractivity contribution in [3.8, 4) is 5.75 Å². The minimum absolute atomic E-state index is 0.533. The average Bonchev–Trinajstić information content (AvgIpc) is 2.42. The largest absolute Gasteiger partial charge is 0.496 e. The van der Waals surface area contributed by atoms with E-state index in [1.165, 1.54) is 30.5 Å². The molecule has 2 nitrogen and oxygen atoms in total. The molecule has 1 fully saturated rings. The van der Waals surface area contributed by atoms with Gasteiger partial charge in [0.15, 0.2) is 0 Å². The molecule has 1 saturated heterocycles. The van der Waals surface area contributed by atoms with Crippen LogP contribution in [0, 0.1) is 5.92 Å². The summed E-state index contributed by atoms with van der Waals surface area (Å²) in [7, 11) is 1.75. The molecule has 0 aliphatic carbocycles. The first-order valence-electron chi connectivity index (χ1n) is 7.18. The van der Waals surface area contributed by atoms with Crippen LogP contribution in [0.5, 0.6) is 5.75 Å². The molecule has 1 heterocycles. The van der Waals surface area contributed by atoms with E-state index in [0.717, 1.165) is 29.1 Å². The summed E-state index contributed by atoms with van der Waals surface area (Å²) < 4.78 is 6.63. The lowest BCUT2D eigenvalue weighted by molar-refractivity contribution is 0.373. The summed E-state index contributed by atoms with van der Waals surface area (Å²) in [6, 6.07) is 4.49. The Morgan fingerprint density at radius 2 is 2.21 bits per heavy atom. The van der Waals surface area contributed by atoms with Crippen LogP contribution in [0.1, 0.15) is 43.7 Å². The Morgan fingerprint density at radius 3 is 2.79 bits per heavy atom. The molecule has 19 heavy (non-hydrogen) atoms. The molecule has 1 atom stereocenters. The summed E-state index contributed by atoms with van der Waals surface area (Å²) in [6.07, 6.45) is 3.75. The molecule has 106 valence electrons. The van der Waals surface area contributed by atoms with Crippen LogP contribution >= 0.6 is 15.9 Å². The van der Waals surface area contributed by atoms with Gasteiger partial charge in [0.25, 0.3) is 0 Å². The van der Waals surface area contributed by atoms with Gasteiger partial charge in [0.2, 0.25) is 0 Å². The highest BCUT2D eigenvalue weighted by atomic mass is 79.9. The molecule has 1 aromatic carbocycles. The molecule has 1 unspecified atom stereocenters. The van der Waals surface area contributed by atoms with Gasteiger partial charge in [-0.3, -0.25) is 0 Å². The highest BCUT2D eigenvalue weighted by Gasteiger charge is 2.17. The summed E-state index contributed by atoms with van der Waals surface area (Å²) in [5, 5.41) is 3.49. The summed E-state index contributed by atoms with van der Waals surface area (Å²) in [5.41, 5.74) is 2.75. The van der Waals surface area contributed by atoms with E-state index in [4.69, 9.17) is 4.74 Å². The zero-order valence-corrected chi connectivity index (χ0v) is 13.7. The fourth-order valence-electron chi connectivity index (χ4n) is 2.72. The maximum absolute atomic E-state index is 5.50. The number of rotatable bonds is 4. The molecular weight excluding hydrogens is 302 g/mol. The van der Waals surface area contributed by atoms with Gasteiger partial charge in [-0.1, -0.05) is 19.9 Å². The van der Waals surface area contributed by atoms with Crippen molar-refractivity contribution in [2.24, 2.45) is 5.92 Å². The van der Waals surface area contributed by atoms with Crippen molar-refractivity contribution in [3.05, 3.63) is 27.7 Å². The van der Waals surface area contributed by atoms with E-state index in [-0.39, 0.29) is 0 Å². The zero-order chi connectivity index (χ0) is 13.8. The van der Waals surface area contributed by atoms with E-state index < -0.39 is 0 Å². The Balaban J connectivity index is 2.24. The number of methoxy groups -OCH3 is 1. The minimum Gasteiger partial charge on any atom is -0.496 e. The minimum atomic E-state index is 0.533.